The quantitative estimate of drug-likeness (QED) is 0.802. The molecule has 1 aromatic heterocycles. The molecular weight excluding hydrogens is 299 g/mol. The number of aromatic nitrogens is 2. The van der Waals surface area contributed by atoms with E-state index >= 15 is 0 Å². The number of likely N-dealkylation sites (N-methyl/N-ethyl adjacent to an activating group) is 1. The van der Waals surface area contributed by atoms with E-state index in [0.717, 1.165) is 50.5 Å². The summed E-state index contributed by atoms with van der Waals surface area (Å²) in [7, 11) is 4.29. The summed E-state index contributed by atoms with van der Waals surface area (Å²) in [6.07, 6.45) is 2.12. The third-order valence-electron chi connectivity index (χ3n) is 5.07. The van der Waals surface area contributed by atoms with E-state index in [-0.39, 0.29) is 0 Å². The van der Waals surface area contributed by atoms with Crippen LogP contribution in [0.3, 0.4) is 0 Å². The second-order valence-electron chi connectivity index (χ2n) is 7.01. The van der Waals surface area contributed by atoms with Crippen LogP contribution in [0.1, 0.15) is 36.1 Å². The molecular formula is C18H23BN4O. The molecule has 2 aliphatic rings. The summed E-state index contributed by atoms with van der Waals surface area (Å²) in [5.41, 5.74) is 3.76. The third-order valence-corrected chi connectivity index (χ3v) is 5.07. The van der Waals surface area contributed by atoms with Gasteiger partial charge in [0, 0.05) is 18.7 Å². The molecule has 0 radical (unpaired) electrons. The van der Waals surface area contributed by atoms with Crippen molar-refractivity contribution in [3.63, 3.8) is 0 Å². The first-order chi connectivity index (χ1) is 11.7. The highest BCUT2D eigenvalue weighted by molar-refractivity contribution is 6.04. The van der Waals surface area contributed by atoms with Gasteiger partial charge in [-0.15, -0.1) is 10.2 Å². The Kier molecular flexibility index (Phi) is 4.25. The van der Waals surface area contributed by atoms with Crippen molar-refractivity contribution in [3.05, 3.63) is 53.2 Å². The molecule has 6 heteroatoms. The lowest BCUT2D eigenvalue weighted by Crippen LogP contribution is -2.41. The molecule has 0 spiro atoms. The topological polar surface area (TPSA) is 45.4 Å². The molecule has 0 N–H and O–H groups in total. The van der Waals surface area contributed by atoms with E-state index in [0.29, 0.717) is 11.8 Å². The van der Waals surface area contributed by atoms with Crippen molar-refractivity contribution < 1.29 is 4.42 Å². The van der Waals surface area contributed by atoms with Gasteiger partial charge in [0.2, 0.25) is 11.8 Å². The van der Waals surface area contributed by atoms with Crippen molar-refractivity contribution >= 4 is 13.6 Å². The monoisotopic (exact) mass is 322 g/mol. The number of hydrogen-bond acceptors (Lipinski definition) is 5. The molecule has 3 heterocycles. The van der Waals surface area contributed by atoms with E-state index in [9.17, 15) is 0 Å². The summed E-state index contributed by atoms with van der Waals surface area (Å²) < 4.78 is 6.11. The van der Waals surface area contributed by atoms with Gasteiger partial charge in [-0.3, -0.25) is 0 Å². The first-order valence-corrected chi connectivity index (χ1v) is 8.69. The fourth-order valence-electron chi connectivity index (χ4n) is 3.58. The van der Waals surface area contributed by atoms with Crippen LogP contribution in [-0.4, -0.2) is 61.1 Å². The van der Waals surface area contributed by atoms with Gasteiger partial charge in [0.25, 0.3) is 0 Å². The molecule has 124 valence electrons. The van der Waals surface area contributed by atoms with Crippen molar-refractivity contribution in [1.82, 2.24) is 19.9 Å². The lowest BCUT2D eigenvalue weighted by atomic mass is 9.92. The lowest BCUT2D eigenvalue weighted by molar-refractivity contribution is 0.166. The maximum Gasteiger partial charge on any atom is 0.248 e. The molecule has 24 heavy (non-hydrogen) atoms. The van der Waals surface area contributed by atoms with E-state index in [2.05, 4.69) is 59.2 Å². The van der Waals surface area contributed by atoms with Gasteiger partial charge in [-0.25, -0.2) is 0 Å². The van der Waals surface area contributed by atoms with E-state index in [1.165, 1.54) is 11.1 Å². The largest absolute Gasteiger partial charge is 0.420 e. The van der Waals surface area contributed by atoms with Crippen LogP contribution in [0.25, 0.3) is 5.57 Å². The molecule has 1 aromatic carbocycles. The Balaban J connectivity index is 1.70. The minimum atomic E-state index is 0.385. The molecule has 0 aliphatic carbocycles. The second kappa shape index (κ2) is 6.53. The van der Waals surface area contributed by atoms with Crippen molar-refractivity contribution in [1.29, 1.82) is 0 Å². The molecule has 0 saturated carbocycles. The summed E-state index contributed by atoms with van der Waals surface area (Å²) in [5.74, 6) is 1.85. The van der Waals surface area contributed by atoms with Crippen molar-refractivity contribution in [2.75, 3.05) is 33.2 Å². The number of nitrogens with zero attached hydrogens (tertiary/aromatic N) is 4. The SMILES string of the molecule is BN1CCC(=C(c2ccccc2)c2nnc(C3CN(C)C3)o2)CC1. The summed E-state index contributed by atoms with van der Waals surface area (Å²) in [5, 5.41) is 8.75. The Bertz CT molecular complexity index is 726. The fraction of sp³-hybridized carbons (Fsp3) is 0.444. The maximum atomic E-state index is 6.11. The summed E-state index contributed by atoms with van der Waals surface area (Å²) in [6.45, 7) is 4.17. The van der Waals surface area contributed by atoms with Gasteiger partial charge in [0.1, 0.15) is 0 Å². The van der Waals surface area contributed by atoms with Crippen LogP contribution in [0.5, 0.6) is 0 Å². The molecule has 0 bridgehead atoms. The smallest absolute Gasteiger partial charge is 0.248 e. The van der Waals surface area contributed by atoms with Gasteiger partial charge in [-0.2, -0.15) is 0 Å². The fourth-order valence-corrected chi connectivity index (χ4v) is 3.58. The highest BCUT2D eigenvalue weighted by atomic mass is 16.4. The Morgan fingerprint density at radius 2 is 1.83 bits per heavy atom. The van der Waals surface area contributed by atoms with Gasteiger partial charge in [-0.1, -0.05) is 35.9 Å². The molecule has 0 unspecified atom stereocenters. The second-order valence-corrected chi connectivity index (χ2v) is 7.01. The van der Waals surface area contributed by atoms with Gasteiger partial charge in [0.05, 0.1) is 5.92 Å². The molecule has 4 rings (SSSR count). The minimum absolute atomic E-state index is 0.385. The van der Waals surface area contributed by atoms with E-state index in [1.54, 1.807) is 0 Å². The molecule has 0 atom stereocenters. The van der Waals surface area contributed by atoms with Gasteiger partial charge >= 0.3 is 0 Å². The van der Waals surface area contributed by atoms with E-state index in [1.807, 2.05) is 6.07 Å². The summed E-state index contributed by atoms with van der Waals surface area (Å²) >= 11 is 0. The van der Waals surface area contributed by atoms with E-state index < -0.39 is 0 Å². The average molecular weight is 322 g/mol. The molecule has 2 aliphatic heterocycles. The molecule has 5 nitrogen and oxygen atoms in total. The summed E-state index contributed by atoms with van der Waals surface area (Å²) in [6, 6.07) is 10.5. The molecule has 2 aromatic rings. The number of benzene rings is 1. The van der Waals surface area contributed by atoms with Gasteiger partial charge in [0.15, 0.2) is 7.98 Å². The lowest BCUT2D eigenvalue weighted by Gasteiger charge is -2.33. The third kappa shape index (κ3) is 3.04. The van der Waals surface area contributed by atoms with Crippen LogP contribution >= 0.6 is 0 Å². The Labute approximate surface area is 143 Å². The number of likely N-dealkylation sites (tertiary alicyclic amines) is 1. The van der Waals surface area contributed by atoms with E-state index in [4.69, 9.17) is 4.42 Å². The Morgan fingerprint density at radius 1 is 1.12 bits per heavy atom. The van der Waals surface area contributed by atoms with Crippen molar-refractivity contribution in [2.45, 2.75) is 18.8 Å². The Hall–Kier alpha value is -1.92. The predicted molar refractivity (Wildman–Crippen MR) is 96.4 cm³/mol. The highest BCUT2D eigenvalue weighted by Gasteiger charge is 2.30. The standard InChI is InChI=1S/C18H23BN4O/c1-22-11-15(12-22)17-20-21-18(24-17)16(13-5-3-2-4-6-13)14-7-9-23(19)10-8-14/h2-6,15H,7-12,19H2,1H3. The van der Waals surface area contributed by atoms with Crippen LogP contribution in [0.4, 0.5) is 0 Å². The predicted octanol–water partition coefficient (Wildman–Crippen LogP) is 1.54. The zero-order valence-corrected chi connectivity index (χ0v) is 14.4. The van der Waals surface area contributed by atoms with Crippen molar-refractivity contribution in [2.24, 2.45) is 0 Å². The van der Waals surface area contributed by atoms with Crippen LogP contribution < -0.4 is 0 Å². The summed E-state index contributed by atoms with van der Waals surface area (Å²) in [4.78, 5) is 4.64. The zero-order valence-electron chi connectivity index (χ0n) is 14.4. The van der Waals surface area contributed by atoms with Gasteiger partial charge < -0.3 is 14.1 Å². The van der Waals surface area contributed by atoms with Crippen LogP contribution in [0, 0.1) is 0 Å². The number of hydrogen-bond donors (Lipinski definition) is 0. The Morgan fingerprint density at radius 3 is 2.50 bits per heavy atom. The number of piperidine rings is 1. The zero-order chi connectivity index (χ0) is 16.5. The van der Waals surface area contributed by atoms with Gasteiger partial charge in [-0.05, 0) is 38.5 Å². The molecule has 2 saturated heterocycles. The number of rotatable bonds is 3. The maximum absolute atomic E-state index is 6.11. The van der Waals surface area contributed by atoms with Crippen LogP contribution in [0.15, 0.2) is 40.3 Å². The van der Waals surface area contributed by atoms with Crippen molar-refractivity contribution in [3.8, 4) is 0 Å². The normalized spacial score (nSPS) is 20.1. The first-order valence-electron chi connectivity index (χ1n) is 8.69. The first kappa shape index (κ1) is 15.6. The molecule has 0 amide bonds. The highest BCUT2D eigenvalue weighted by Crippen LogP contribution is 2.33. The molecule has 2 fully saturated rings. The minimum Gasteiger partial charge on any atom is -0.420 e. The van der Waals surface area contributed by atoms with Crippen LogP contribution in [-0.2, 0) is 0 Å². The average Bonchev–Trinajstić information content (AvgIpc) is 3.04. The van der Waals surface area contributed by atoms with Crippen LogP contribution in [0.2, 0.25) is 0 Å².